The van der Waals surface area contributed by atoms with Gasteiger partial charge in [-0.15, -0.1) is 10.2 Å². The normalized spacial score (nSPS) is 14.7. The molecule has 2 rings (SSSR count). The van der Waals surface area contributed by atoms with Gasteiger partial charge in [0, 0.05) is 19.2 Å². The van der Waals surface area contributed by atoms with E-state index < -0.39 is 5.97 Å². The Morgan fingerprint density at radius 3 is 2.81 bits per heavy atom. The van der Waals surface area contributed by atoms with Gasteiger partial charge in [0.15, 0.2) is 10.8 Å². The molecule has 0 aromatic carbocycles. The van der Waals surface area contributed by atoms with Crippen molar-refractivity contribution in [2.24, 2.45) is 0 Å². The van der Waals surface area contributed by atoms with Gasteiger partial charge in [0.25, 0.3) is 0 Å². The summed E-state index contributed by atoms with van der Waals surface area (Å²) in [6.45, 7) is 0. The summed E-state index contributed by atoms with van der Waals surface area (Å²) >= 11 is 5.78. The third-order valence-corrected chi connectivity index (χ3v) is 2.78. The largest absolute Gasteiger partial charge is 0.464 e. The van der Waals surface area contributed by atoms with Gasteiger partial charge in [-0.05, 0) is 12.8 Å². The lowest BCUT2D eigenvalue weighted by atomic mass is 10.3. The second-order valence-corrected chi connectivity index (χ2v) is 4.12. The van der Waals surface area contributed by atoms with E-state index in [1.165, 1.54) is 7.11 Å². The molecule has 0 bridgehead atoms. The van der Waals surface area contributed by atoms with Gasteiger partial charge in [0.2, 0.25) is 0 Å². The monoisotopic (exact) mass is 241 g/mol. The Balaban J connectivity index is 2.38. The number of aromatic nitrogens is 2. The van der Waals surface area contributed by atoms with E-state index in [0.717, 1.165) is 12.8 Å². The molecule has 1 fully saturated rings. The van der Waals surface area contributed by atoms with Gasteiger partial charge in [0.1, 0.15) is 0 Å². The van der Waals surface area contributed by atoms with Crippen LogP contribution in [0.15, 0.2) is 6.07 Å². The quantitative estimate of drug-likeness (QED) is 0.751. The van der Waals surface area contributed by atoms with Crippen molar-refractivity contribution in [2.75, 3.05) is 19.1 Å². The first-order valence-electron chi connectivity index (χ1n) is 4.98. The molecular formula is C10H12ClN3O2. The van der Waals surface area contributed by atoms with Crippen LogP contribution in [-0.4, -0.2) is 36.4 Å². The molecule has 0 spiro atoms. The van der Waals surface area contributed by atoms with Crippen molar-refractivity contribution in [3.63, 3.8) is 0 Å². The van der Waals surface area contributed by atoms with Crippen LogP contribution in [0.1, 0.15) is 23.3 Å². The van der Waals surface area contributed by atoms with Crippen molar-refractivity contribution in [3.8, 4) is 0 Å². The maximum atomic E-state index is 11.5. The van der Waals surface area contributed by atoms with Crippen LogP contribution in [0.2, 0.25) is 5.15 Å². The van der Waals surface area contributed by atoms with Crippen molar-refractivity contribution in [2.45, 2.75) is 18.9 Å². The smallest absolute Gasteiger partial charge is 0.360 e. The molecule has 1 aliphatic rings. The van der Waals surface area contributed by atoms with Crippen LogP contribution in [-0.2, 0) is 4.74 Å². The number of esters is 1. The number of methoxy groups -OCH3 is 1. The SMILES string of the molecule is COC(=O)c1nnc(Cl)cc1N(C)C1CC1. The van der Waals surface area contributed by atoms with Gasteiger partial charge in [0.05, 0.1) is 12.8 Å². The first-order valence-corrected chi connectivity index (χ1v) is 5.35. The molecule has 1 heterocycles. The fourth-order valence-electron chi connectivity index (χ4n) is 1.53. The van der Waals surface area contributed by atoms with E-state index in [1.807, 2.05) is 11.9 Å². The molecule has 5 nitrogen and oxygen atoms in total. The van der Waals surface area contributed by atoms with E-state index in [9.17, 15) is 4.79 Å². The summed E-state index contributed by atoms with van der Waals surface area (Å²) in [5, 5.41) is 7.71. The van der Waals surface area contributed by atoms with Crippen LogP contribution in [0.4, 0.5) is 5.69 Å². The summed E-state index contributed by atoms with van der Waals surface area (Å²) in [7, 11) is 3.23. The van der Waals surface area contributed by atoms with Gasteiger partial charge in [-0.25, -0.2) is 4.79 Å². The highest BCUT2D eigenvalue weighted by Gasteiger charge is 2.30. The van der Waals surface area contributed by atoms with Gasteiger partial charge in [-0.3, -0.25) is 0 Å². The third-order valence-electron chi connectivity index (χ3n) is 2.60. The average Bonchev–Trinajstić information content (AvgIpc) is 3.11. The van der Waals surface area contributed by atoms with E-state index in [1.54, 1.807) is 6.07 Å². The first-order chi connectivity index (χ1) is 7.63. The van der Waals surface area contributed by atoms with E-state index >= 15 is 0 Å². The summed E-state index contributed by atoms with van der Waals surface area (Å²) in [6.07, 6.45) is 2.24. The number of ether oxygens (including phenoxy) is 1. The van der Waals surface area contributed by atoms with Gasteiger partial charge in [-0.2, -0.15) is 0 Å². The Kier molecular flexibility index (Phi) is 2.96. The molecule has 0 atom stereocenters. The number of carbonyl (C=O) groups excluding carboxylic acids is 1. The Morgan fingerprint density at radius 2 is 2.25 bits per heavy atom. The molecule has 1 aromatic heterocycles. The Morgan fingerprint density at radius 1 is 1.56 bits per heavy atom. The number of hydrogen-bond acceptors (Lipinski definition) is 5. The lowest BCUT2D eigenvalue weighted by Crippen LogP contribution is -2.23. The fraction of sp³-hybridized carbons (Fsp3) is 0.500. The molecule has 0 N–H and O–H groups in total. The fourth-order valence-corrected chi connectivity index (χ4v) is 1.67. The molecule has 86 valence electrons. The summed E-state index contributed by atoms with van der Waals surface area (Å²) in [5.41, 5.74) is 0.885. The van der Waals surface area contributed by atoms with Crippen LogP contribution < -0.4 is 4.90 Å². The highest BCUT2D eigenvalue weighted by molar-refractivity contribution is 6.29. The van der Waals surface area contributed by atoms with Gasteiger partial charge >= 0.3 is 5.97 Å². The number of rotatable bonds is 3. The number of nitrogens with zero attached hydrogens (tertiary/aromatic N) is 3. The highest BCUT2D eigenvalue weighted by atomic mass is 35.5. The summed E-state index contributed by atoms with van der Waals surface area (Å²) in [6, 6.07) is 2.10. The van der Waals surface area contributed by atoms with Crippen LogP contribution in [0, 0.1) is 0 Å². The molecule has 1 aromatic rings. The number of hydrogen-bond donors (Lipinski definition) is 0. The molecule has 1 saturated carbocycles. The van der Waals surface area contributed by atoms with Gasteiger partial charge < -0.3 is 9.64 Å². The topological polar surface area (TPSA) is 55.3 Å². The zero-order valence-corrected chi connectivity index (χ0v) is 9.86. The van der Waals surface area contributed by atoms with E-state index in [-0.39, 0.29) is 10.8 Å². The Labute approximate surface area is 98.4 Å². The zero-order valence-electron chi connectivity index (χ0n) is 9.11. The Bertz CT molecular complexity index is 421. The number of halogens is 1. The minimum absolute atomic E-state index is 0.210. The maximum absolute atomic E-state index is 11.5. The predicted octanol–water partition coefficient (Wildman–Crippen LogP) is 1.52. The zero-order chi connectivity index (χ0) is 11.7. The van der Waals surface area contributed by atoms with Crippen molar-refractivity contribution in [1.82, 2.24) is 10.2 Å². The van der Waals surface area contributed by atoms with Crippen LogP contribution >= 0.6 is 11.6 Å². The van der Waals surface area contributed by atoms with Crippen molar-refractivity contribution in [1.29, 1.82) is 0 Å². The van der Waals surface area contributed by atoms with Crippen molar-refractivity contribution >= 4 is 23.3 Å². The highest BCUT2D eigenvalue weighted by Crippen LogP contribution is 2.32. The minimum Gasteiger partial charge on any atom is -0.464 e. The van der Waals surface area contributed by atoms with Crippen LogP contribution in [0.5, 0.6) is 0 Å². The van der Waals surface area contributed by atoms with E-state index in [2.05, 4.69) is 14.9 Å². The third kappa shape index (κ3) is 2.09. The second kappa shape index (κ2) is 4.25. The molecule has 16 heavy (non-hydrogen) atoms. The molecule has 0 saturated heterocycles. The minimum atomic E-state index is -0.494. The molecular weight excluding hydrogens is 230 g/mol. The predicted molar refractivity (Wildman–Crippen MR) is 59.8 cm³/mol. The average molecular weight is 242 g/mol. The van der Waals surface area contributed by atoms with Crippen LogP contribution in [0.3, 0.4) is 0 Å². The summed E-state index contributed by atoms with van der Waals surface area (Å²) in [5.74, 6) is -0.494. The lowest BCUT2D eigenvalue weighted by molar-refractivity contribution is 0.0593. The molecule has 0 aliphatic heterocycles. The molecule has 6 heteroatoms. The van der Waals surface area contributed by atoms with Gasteiger partial charge in [-0.1, -0.05) is 11.6 Å². The molecule has 1 aliphatic carbocycles. The first kappa shape index (κ1) is 11.1. The van der Waals surface area contributed by atoms with E-state index in [4.69, 9.17) is 11.6 Å². The molecule has 0 radical (unpaired) electrons. The summed E-state index contributed by atoms with van der Waals surface area (Å²) in [4.78, 5) is 13.5. The van der Waals surface area contributed by atoms with Crippen LogP contribution in [0.25, 0.3) is 0 Å². The molecule has 0 amide bonds. The second-order valence-electron chi connectivity index (χ2n) is 3.73. The Hall–Kier alpha value is -1.36. The summed E-state index contributed by atoms with van der Waals surface area (Å²) < 4.78 is 4.66. The lowest BCUT2D eigenvalue weighted by Gasteiger charge is -2.19. The number of anilines is 1. The van der Waals surface area contributed by atoms with E-state index in [0.29, 0.717) is 11.7 Å². The number of carbonyl (C=O) groups is 1. The van der Waals surface area contributed by atoms with Crippen molar-refractivity contribution < 1.29 is 9.53 Å². The van der Waals surface area contributed by atoms with Crippen molar-refractivity contribution in [3.05, 3.63) is 16.9 Å². The standard InChI is InChI=1S/C10H12ClN3O2/c1-14(6-3-4-6)7-5-8(11)12-13-9(7)10(15)16-2/h5-6H,3-4H2,1-2H3. The molecule has 0 unspecified atom stereocenters. The maximum Gasteiger partial charge on any atom is 0.360 e.